The summed E-state index contributed by atoms with van der Waals surface area (Å²) in [6.45, 7) is 3.39. The molecule has 4 N–H and O–H groups in total. The number of ketones is 1. The molecule has 1 heterocycles. The lowest BCUT2D eigenvalue weighted by molar-refractivity contribution is 0.0842. The van der Waals surface area contributed by atoms with E-state index in [2.05, 4.69) is 0 Å². The molecule has 0 fully saturated rings. The van der Waals surface area contributed by atoms with Crippen LogP contribution in [-0.2, 0) is 12.8 Å². The minimum atomic E-state index is -0.635. The number of benzene rings is 4. The van der Waals surface area contributed by atoms with Crippen LogP contribution in [0.25, 0.3) is 0 Å². The van der Waals surface area contributed by atoms with E-state index in [4.69, 9.17) is 27.9 Å². The highest BCUT2D eigenvalue weighted by atomic mass is 35.5. The quantitative estimate of drug-likeness (QED) is 0.202. The number of aryl methyl sites for hydroxylation is 2. The average Bonchev–Trinajstić information content (AvgIpc) is 2.89. The van der Waals surface area contributed by atoms with Gasteiger partial charge in [-0.15, -0.1) is 0 Å². The Bertz CT molecular complexity index is 1610. The van der Waals surface area contributed by atoms with Crippen molar-refractivity contribution in [3.8, 4) is 28.7 Å². The highest BCUT2D eigenvalue weighted by Crippen LogP contribution is 2.50. The van der Waals surface area contributed by atoms with Crippen LogP contribution in [-0.4, -0.2) is 26.2 Å². The maximum atomic E-state index is 13.5. The van der Waals surface area contributed by atoms with Crippen molar-refractivity contribution >= 4 is 29.0 Å². The highest BCUT2D eigenvalue weighted by molar-refractivity contribution is 6.31. The number of halogens is 2. The van der Waals surface area contributed by atoms with Crippen molar-refractivity contribution < 1.29 is 30.0 Å². The minimum Gasteiger partial charge on any atom is -0.507 e. The smallest absolute Gasteiger partial charge is 0.174 e. The van der Waals surface area contributed by atoms with Crippen molar-refractivity contribution in [3.05, 3.63) is 109 Å². The van der Waals surface area contributed by atoms with Gasteiger partial charge in [0.15, 0.2) is 5.78 Å². The first-order valence-electron chi connectivity index (χ1n) is 12.4. The second-order valence-corrected chi connectivity index (χ2v) is 10.7. The second kappa shape index (κ2) is 10.4. The molecule has 8 heteroatoms. The first-order valence-corrected chi connectivity index (χ1v) is 13.1. The number of hydrogen-bond donors (Lipinski definition) is 4. The molecule has 1 atom stereocenters. The molecule has 0 bridgehead atoms. The van der Waals surface area contributed by atoms with Crippen LogP contribution < -0.4 is 4.74 Å². The number of carbonyl (C=O) groups is 1. The molecular formula is C31H26Cl2O6. The summed E-state index contributed by atoms with van der Waals surface area (Å²) in [5.41, 5.74) is 2.81. The molecule has 1 aliphatic rings. The van der Waals surface area contributed by atoms with Crippen molar-refractivity contribution in [2.24, 2.45) is 0 Å². The van der Waals surface area contributed by atoms with E-state index in [9.17, 15) is 25.2 Å². The third kappa shape index (κ3) is 4.98. The van der Waals surface area contributed by atoms with Gasteiger partial charge in [0, 0.05) is 45.1 Å². The fourth-order valence-corrected chi connectivity index (χ4v) is 5.69. The Hall–Kier alpha value is -3.87. The zero-order valence-electron chi connectivity index (χ0n) is 21.3. The Morgan fingerprint density at radius 1 is 0.769 bits per heavy atom. The van der Waals surface area contributed by atoms with Gasteiger partial charge < -0.3 is 25.2 Å². The van der Waals surface area contributed by atoms with E-state index in [1.807, 2.05) is 30.3 Å². The van der Waals surface area contributed by atoms with E-state index in [0.717, 1.165) is 5.56 Å². The molecule has 5 rings (SSSR count). The SMILES string of the molecule is Cc1cc(Cl)cc(Cc2c(O)c(Cc3cc(Cl)cc(C)c3O)c3c(c2O)C(=O)CC(c2ccccc2)O3)c1O. The lowest BCUT2D eigenvalue weighted by atomic mass is 9.87. The first kappa shape index (κ1) is 26.7. The van der Waals surface area contributed by atoms with Crippen molar-refractivity contribution in [2.45, 2.75) is 39.2 Å². The Morgan fingerprint density at radius 3 is 1.87 bits per heavy atom. The number of aromatic hydroxyl groups is 4. The first-order chi connectivity index (χ1) is 18.5. The summed E-state index contributed by atoms with van der Waals surface area (Å²) in [5.74, 6) is -1.10. The predicted molar refractivity (Wildman–Crippen MR) is 150 cm³/mol. The number of carbonyl (C=O) groups excluding carboxylic acids is 1. The van der Waals surface area contributed by atoms with E-state index in [0.29, 0.717) is 32.3 Å². The third-order valence-electron chi connectivity index (χ3n) is 7.10. The van der Waals surface area contributed by atoms with Gasteiger partial charge in [0.25, 0.3) is 0 Å². The Balaban J connectivity index is 1.72. The molecule has 1 unspecified atom stereocenters. The molecule has 0 amide bonds. The molecule has 0 saturated heterocycles. The van der Waals surface area contributed by atoms with Crippen LogP contribution in [0.15, 0.2) is 54.6 Å². The average molecular weight is 565 g/mol. The van der Waals surface area contributed by atoms with Crippen LogP contribution in [0.5, 0.6) is 28.7 Å². The summed E-state index contributed by atoms with van der Waals surface area (Å²) in [4.78, 5) is 13.5. The molecule has 0 saturated carbocycles. The Morgan fingerprint density at radius 2 is 1.31 bits per heavy atom. The molecule has 0 spiro atoms. The summed E-state index contributed by atoms with van der Waals surface area (Å²) in [5, 5.41) is 45.1. The molecule has 4 aromatic rings. The van der Waals surface area contributed by atoms with Gasteiger partial charge in [0.2, 0.25) is 0 Å². The maximum Gasteiger partial charge on any atom is 0.174 e. The van der Waals surface area contributed by atoms with Crippen molar-refractivity contribution in [1.82, 2.24) is 0 Å². The molecule has 39 heavy (non-hydrogen) atoms. The number of phenols is 4. The highest BCUT2D eigenvalue weighted by Gasteiger charge is 2.36. The zero-order valence-corrected chi connectivity index (χ0v) is 22.8. The van der Waals surface area contributed by atoms with Gasteiger partial charge in [-0.2, -0.15) is 0 Å². The molecule has 0 aromatic heterocycles. The van der Waals surface area contributed by atoms with Crippen LogP contribution in [0.2, 0.25) is 10.0 Å². The predicted octanol–water partition coefficient (Wildman–Crippen LogP) is 7.32. The van der Waals surface area contributed by atoms with Crippen molar-refractivity contribution in [2.75, 3.05) is 0 Å². The standard InChI is InChI=1S/C31H26Cl2O6/c1-15-8-20(32)10-18(27(15)35)12-22-29(37)23(13-19-11-21(33)9-16(2)28(19)36)31-26(30(22)38)24(34)14-25(39-31)17-6-4-3-5-7-17/h3-11,25,35-38H,12-14H2,1-2H3. The zero-order chi connectivity index (χ0) is 28.0. The fraction of sp³-hybridized carbons (Fsp3) is 0.194. The number of hydrogen-bond acceptors (Lipinski definition) is 6. The molecule has 1 aliphatic heterocycles. The van der Waals surface area contributed by atoms with Gasteiger partial charge in [-0.3, -0.25) is 4.79 Å². The van der Waals surface area contributed by atoms with Crippen LogP contribution in [0.4, 0.5) is 0 Å². The normalized spacial score (nSPS) is 14.7. The minimum absolute atomic E-state index is 0.00738. The number of ether oxygens (including phenoxy) is 1. The Kier molecular flexibility index (Phi) is 7.10. The lowest BCUT2D eigenvalue weighted by Crippen LogP contribution is -2.22. The largest absolute Gasteiger partial charge is 0.507 e. The van der Waals surface area contributed by atoms with E-state index in [1.165, 1.54) is 6.07 Å². The van der Waals surface area contributed by atoms with Crippen LogP contribution in [0.3, 0.4) is 0 Å². The Labute approximate surface area is 235 Å². The summed E-state index contributed by atoms with van der Waals surface area (Å²) in [6.07, 6.45) is -0.800. The molecule has 4 aromatic carbocycles. The fourth-order valence-electron chi connectivity index (χ4n) is 5.10. The molecule has 6 nitrogen and oxygen atoms in total. The molecule has 0 aliphatic carbocycles. The number of rotatable bonds is 5. The summed E-state index contributed by atoms with van der Waals surface area (Å²) >= 11 is 12.5. The van der Waals surface area contributed by atoms with E-state index in [1.54, 1.807) is 32.0 Å². The van der Waals surface area contributed by atoms with Crippen molar-refractivity contribution in [3.63, 3.8) is 0 Å². The topological polar surface area (TPSA) is 107 Å². The van der Waals surface area contributed by atoms with Gasteiger partial charge in [-0.25, -0.2) is 0 Å². The second-order valence-electron chi connectivity index (χ2n) is 9.82. The van der Waals surface area contributed by atoms with Crippen molar-refractivity contribution in [1.29, 1.82) is 0 Å². The number of Topliss-reactive ketones (excluding diaryl/α,β-unsaturated/α-hetero) is 1. The molecule has 0 radical (unpaired) electrons. The maximum absolute atomic E-state index is 13.5. The number of fused-ring (bicyclic) bond motifs is 1. The van der Waals surface area contributed by atoms with Gasteiger partial charge >= 0.3 is 0 Å². The monoisotopic (exact) mass is 564 g/mol. The molecular weight excluding hydrogens is 539 g/mol. The van der Waals surface area contributed by atoms with Crippen LogP contribution in [0.1, 0.15) is 61.8 Å². The molecule has 200 valence electrons. The van der Waals surface area contributed by atoms with Gasteiger partial charge in [-0.05, 0) is 54.8 Å². The summed E-state index contributed by atoms with van der Waals surface area (Å²) in [7, 11) is 0. The van der Waals surface area contributed by atoms with Gasteiger partial charge in [0.05, 0.1) is 6.42 Å². The van der Waals surface area contributed by atoms with E-state index < -0.39 is 11.9 Å². The van der Waals surface area contributed by atoms with Gasteiger partial charge in [0.1, 0.15) is 40.4 Å². The van der Waals surface area contributed by atoms with Gasteiger partial charge in [-0.1, -0.05) is 53.5 Å². The summed E-state index contributed by atoms with van der Waals surface area (Å²) < 4.78 is 6.29. The number of phenolic OH excluding ortho intramolecular Hbond substituents is 4. The van der Waals surface area contributed by atoms with Crippen LogP contribution >= 0.6 is 23.2 Å². The lowest BCUT2D eigenvalue weighted by Gasteiger charge is -2.30. The van der Waals surface area contributed by atoms with Crippen LogP contribution in [0, 0.1) is 13.8 Å². The van der Waals surface area contributed by atoms with E-state index >= 15 is 0 Å². The van der Waals surface area contributed by atoms with E-state index in [-0.39, 0.29) is 64.7 Å². The third-order valence-corrected chi connectivity index (χ3v) is 7.54. The summed E-state index contributed by atoms with van der Waals surface area (Å²) in [6, 6.07) is 15.5.